The highest BCUT2D eigenvalue weighted by Crippen LogP contribution is 2.13. The van der Waals surface area contributed by atoms with Crippen LogP contribution in [0, 0.1) is 0 Å². The molecule has 108 valence electrons. The Labute approximate surface area is 122 Å². The van der Waals surface area contributed by atoms with Crippen molar-refractivity contribution in [2.75, 3.05) is 11.9 Å². The first kappa shape index (κ1) is 17.9. The van der Waals surface area contributed by atoms with E-state index in [2.05, 4.69) is 41.6 Å². The first-order chi connectivity index (χ1) is 8.71. The molecule has 0 bridgehead atoms. The molecule has 0 spiro atoms. The molecule has 0 aliphatic heterocycles. The van der Waals surface area contributed by atoms with Gasteiger partial charge in [0, 0.05) is 24.3 Å². The zero-order valence-corrected chi connectivity index (χ0v) is 14.0. The van der Waals surface area contributed by atoms with Crippen LogP contribution in [0.2, 0.25) is 0 Å². The summed E-state index contributed by atoms with van der Waals surface area (Å²) in [6.45, 7) is 7.41. The molecule has 18 heavy (non-hydrogen) atoms. The fourth-order valence-electron chi connectivity index (χ4n) is 2.35. The molecule has 0 aliphatic carbocycles. The maximum Gasteiger partial charge on any atom is 0.222 e. The smallest absolute Gasteiger partial charge is 0.222 e. The zero-order chi connectivity index (χ0) is 13.8. The number of hydrogen-bond donors (Lipinski definition) is 0. The fraction of sp³-hybridized carbons (Fsp3) is 0.933. The van der Waals surface area contributed by atoms with E-state index in [1.807, 2.05) is 0 Å². The van der Waals surface area contributed by atoms with Gasteiger partial charge in [-0.2, -0.15) is 0 Å². The third-order valence-corrected chi connectivity index (χ3v) is 3.88. The summed E-state index contributed by atoms with van der Waals surface area (Å²) in [6.07, 6.45) is 8.93. The number of alkyl halides is 1. The Hall–Kier alpha value is -0.0500. The van der Waals surface area contributed by atoms with Crippen LogP contribution in [0.3, 0.4) is 0 Å². The lowest BCUT2D eigenvalue weighted by Crippen LogP contribution is -2.40. The lowest BCUT2D eigenvalue weighted by Gasteiger charge is -2.30. The molecule has 0 fully saturated rings. The van der Waals surface area contributed by atoms with Crippen molar-refractivity contribution < 1.29 is 4.79 Å². The maximum absolute atomic E-state index is 12.2. The number of carbonyl (C=O) groups is 1. The second kappa shape index (κ2) is 12.0. The highest BCUT2D eigenvalue weighted by atomic mass is 79.9. The lowest BCUT2D eigenvalue weighted by molar-refractivity contribution is -0.133. The largest absolute Gasteiger partial charge is 0.339 e. The van der Waals surface area contributed by atoms with E-state index in [9.17, 15) is 4.79 Å². The minimum atomic E-state index is 0.347. The minimum absolute atomic E-state index is 0.347. The second-order valence-corrected chi connectivity index (χ2v) is 5.70. The van der Waals surface area contributed by atoms with E-state index in [-0.39, 0.29) is 0 Å². The van der Waals surface area contributed by atoms with Crippen molar-refractivity contribution >= 4 is 21.8 Å². The number of halogens is 1. The van der Waals surface area contributed by atoms with E-state index in [0.717, 1.165) is 37.6 Å². The monoisotopic (exact) mass is 319 g/mol. The molecule has 0 saturated heterocycles. The van der Waals surface area contributed by atoms with Crippen LogP contribution in [0.15, 0.2) is 0 Å². The Morgan fingerprint density at radius 3 is 2.17 bits per heavy atom. The highest BCUT2D eigenvalue weighted by Gasteiger charge is 2.19. The van der Waals surface area contributed by atoms with Crippen LogP contribution in [0.25, 0.3) is 0 Å². The van der Waals surface area contributed by atoms with Gasteiger partial charge in [-0.1, -0.05) is 62.4 Å². The van der Waals surface area contributed by atoms with Gasteiger partial charge in [-0.25, -0.2) is 0 Å². The first-order valence-corrected chi connectivity index (χ1v) is 8.68. The minimum Gasteiger partial charge on any atom is -0.339 e. The predicted octanol–water partition coefficient (Wildman–Crippen LogP) is 4.76. The van der Waals surface area contributed by atoms with Crippen LogP contribution >= 0.6 is 15.9 Å². The summed E-state index contributed by atoms with van der Waals surface area (Å²) in [6, 6.07) is 0.422. The lowest BCUT2D eigenvalue weighted by atomic mass is 10.1. The molecule has 0 N–H and O–H groups in total. The summed E-state index contributed by atoms with van der Waals surface area (Å²) in [4.78, 5) is 14.3. The number of rotatable bonds is 11. The molecule has 0 aromatic rings. The average molecular weight is 320 g/mol. The van der Waals surface area contributed by atoms with Gasteiger partial charge >= 0.3 is 0 Å². The Balaban J connectivity index is 4.05. The van der Waals surface area contributed by atoms with E-state index < -0.39 is 0 Å². The summed E-state index contributed by atoms with van der Waals surface area (Å²) in [5, 5.41) is 0.880. The molecule has 0 aliphatic rings. The van der Waals surface area contributed by atoms with Crippen molar-refractivity contribution in [2.24, 2.45) is 0 Å². The summed E-state index contributed by atoms with van der Waals surface area (Å²) >= 11 is 3.45. The molecule has 0 aromatic heterocycles. The van der Waals surface area contributed by atoms with Crippen LogP contribution in [-0.2, 0) is 4.79 Å². The third-order valence-electron chi connectivity index (χ3n) is 3.52. The van der Waals surface area contributed by atoms with Gasteiger partial charge in [0.2, 0.25) is 5.91 Å². The molecule has 0 heterocycles. The summed E-state index contributed by atoms with van der Waals surface area (Å²) in [7, 11) is 0. The molecule has 1 amide bonds. The summed E-state index contributed by atoms with van der Waals surface area (Å²) < 4.78 is 0. The van der Waals surface area contributed by atoms with Gasteiger partial charge in [0.25, 0.3) is 0 Å². The first-order valence-electron chi connectivity index (χ1n) is 7.56. The third kappa shape index (κ3) is 7.40. The van der Waals surface area contributed by atoms with Crippen molar-refractivity contribution in [2.45, 2.75) is 78.2 Å². The number of amides is 1. The number of unbranched alkanes of at least 4 members (excludes halogenated alkanes) is 4. The molecule has 2 nitrogen and oxygen atoms in total. The molecule has 0 atom stereocenters. The molecule has 3 heteroatoms. The summed E-state index contributed by atoms with van der Waals surface area (Å²) in [5.74, 6) is 0.347. The summed E-state index contributed by atoms with van der Waals surface area (Å²) in [5.41, 5.74) is 0. The Kier molecular flexibility index (Phi) is 12.0. The van der Waals surface area contributed by atoms with Crippen molar-refractivity contribution in [3.8, 4) is 0 Å². The van der Waals surface area contributed by atoms with Gasteiger partial charge < -0.3 is 4.90 Å². The van der Waals surface area contributed by atoms with E-state index in [1.54, 1.807) is 0 Å². The van der Waals surface area contributed by atoms with Crippen molar-refractivity contribution in [3.63, 3.8) is 0 Å². The molecule has 0 rings (SSSR count). The maximum atomic E-state index is 12.2. The van der Waals surface area contributed by atoms with Crippen molar-refractivity contribution in [1.29, 1.82) is 0 Å². The molecule has 0 radical (unpaired) electrons. The van der Waals surface area contributed by atoms with Crippen molar-refractivity contribution in [1.82, 2.24) is 4.90 Å². The van der Waals surface area contributed by atoms with E-state index in [0.29, 0.717) is 11.9 Å². The number of hydrogen-bond acceptors (Lipinski definition) is 1. The molecule has 0 unspecified atom stereocenters. The predicted molar refractivity (Wildman–Crippen MR) is 83.3 cm³/mol. The van der Waals surface area contributed by atoms with Crippen LogP contribution < -0.4 is 0 Å². The van der Waals surface area contributed by atoms with Crippen LogP contribution in [-0.4, -0.2) is 28.7 Å². The van der Waals surface area contributed by atoms with Crippen LogP contribution in [0.5, 0.6) is 0 Å². The van der Waals surface area contributed by atoms with Crippen LogP contribution in [0.1, 0.15) is 72.1 Å². The standard InChI is InChI=1S/C15H30BrNO/c1-4-7-8-9-10-11-15(18)17(13-12-16)14(5-2)6-3/h14H,4-13H2,1-3H3. The molecule has 0 aromatic carbocycles. The Morgan fingerprint density at radius 2 is 1.67 bits per heavy atom. The van der Waals surface area contributed by atoms with Gasteiger partial charge in [0.1, 0.15) is 0 Å². The zero-order valence-electron chi connectivity index (χ0n) is 12.4. The van der Waals surface area contributed by atoms with E-state index >= 15 is 0 Å². The highest BCUT2D eigenvalue weighted by molar-refractivity contribution is 9.09. The normalized spacial score (nSPS) is 10.9. The second-order valence-electron chi connectivity index (χ2n) is 4.91. The number of nitrogens with zero attached hydrogens (tertiary/aromatic N) is 1. The van der Waals surface area contributed by atoms with Gasteiger partial charge in [0.05, 0.1) is 0 Å². The Bertz CT molecular complexity index is 205. The van der Waals surface area contributed by atoms with Crippen molar-refractivity contribution in [3.05, 3.63) is 0 Å². The average Bonchev–Trinajstić information content (AvgIpc) is 2.38. The van der Waals surface area contributed by atoms with Gasteiger partial charge in [0.15, 0.2) is 0 Å². The topological polar surface area (TPSA) is 20.3 Å². The number of carbonyl (C=O) groups excluding carboxylic acids is 1. The quantitative estimate of drug-likeness (QED) is 0.397. The van der Waals surface area contributed by atoms with Gasteiger partial charge in [-0.15, -0.1) is 0 Å². The molecular weight excluding hydrogens is 290 g/mol. The molecular formula is C15H30BrNO. The Morgan fingerprint density at radius 1 is 1.06 bits per heavy atom. The fourth-order valence-corrected chi connectivity index (χ4v) is 2.74. The molecule has 0 saturated carbocycles. The SMILES string of the molecule is CCCCCCCC(=O)N(CCBr)C(CC)CC. The van der Waals surface area contributed by atoms with E-state index in [4.69, 9.17) is 0 Å². The van der Waals surface area contributed by atoms with Gasteiger partial charge in [-0.3, -0.25) is 4.79 Å². The van der Waals surface area contributed by atoms with Gasteiger partial charge in [-0.05, 0) is 19.3 Å². The van der Waals surface area contributed by atoms with E-state index in [1.165, 1.54) is 25.7 Å². The van der Waals surface area contributed by atoms with Crippen LogP contribution in [0.4, 0.5) is 0 Å².